The van der Waals surface area contributed by atoms with Crippen LogP contribution in [0.1, 0.15) is 18.4 Å². The number of rotatable bonds is 8. The van der Waals surface area contributed by atoms with Crippen LogP contribution in [-0.4, -0.2) is 33.2 Å². The zero-order chi connectivity index (χ0) is 18.4. The lowest BCUT2D eigenvalue weighted by molar-refractivity contribution is -0.129. The van der Waals surface area contributed by atoms with Gasteiger partial charge in [0, 0.05) is 12.3 Å². The fourth-order valence-electron chi connectivity index (χ4n) is 2.32. The molecule has 0 unspecified atom stereocenters. The molecule has 0 aliphatic carbocycles. The van der Waals surface area contributed by atoms with Crippen molar-refractivity contribution in [2.45, 2.75) is 19.2 Å². The molecule has 0 radical (unpaired) electrons. The first-order chi connectivity index (χ1) is 12.7. The molecule has 0 fully saturated rings. The van der Waals surface area contributed by atoms with Crippen LogP contribution in [0.2, 0.25) is 0 Å². The zero-order valence-electron chi connectivity index (χ0n) is 14.2. The van der Waals surface area contributed by atoms with Crippen molar-refractivity contribution < 1.29 is 13.7 Å². The Kier molecular flexibility index (Phi) is 6.40. The van der Waals surface area contributed by atoms with E-state index in [4.69, 9.17) is 4.52 Å². The van der Waals surface area contributed by atoms with Gasteiger partial charge in [-0.2, -0.15) is 4.98 Å². The molecule has 0 aliphatic heterocycles. The van der Waals surface area contributed by atoms with Gasteiger partial charge in [-0.25, -0.2) is 4.39 Å². The van der Waals surface area contributed by atoms with Gasteiger partial charge < -0.3 is 9.42 Å². The van der Waals surface area contributed by atoms with Crippen LogP contribution in [0.3, 0.4) is 0 Å². The number of carbonyl (C=O) groups is 1. The highest BCUT2D eigenvalue weighted by molar-refractivity contribution is 7.99. The molecule has 8 heteroatoms. The summed E-state index contributed by atoms with van der Waals surface area (Å²) < 4.78 is 18.9. The van der Waals surface area contributed by atoms with E-state index in [0.717, 1.165) is 4.88 Å². The van der Waals surface area contributed by atoms with Crippen molar-refractivity contribution in [1.82, 2.24) is 15.0 Å². The van der Waals surface area contributed by atoms with E-state index in [1.165, 1.54) is 29.2 Å². The standard InChI is InChI=1S/C18H18FN3O2S2/c1-2-22(10-16-20-18(21-24-16)15-8-5-9-26-15)17(23)12-25-11-13-6-3-4-7-14(13)19/h3-9H,2,10-12H2,1H3. The summed E-state index contributed by atoms with van der Waals surface area (Å²) in [7, 11) is 0. The molecule has 0 aliphatic rings. The summed E-state index contributed by atoms with van der Waals surface area (Å²) in [6.45, 7) is 2.71. The second-order valence-electron chi connectivity index (χ2n) is 5.48. The smallest absolute Gasteiger partial charge is 0.246 e. The van der Waals surface area contributed by atoms with Gasteiger partial charge in [-0.1, -0.05) is 29.4 Å². The van der Waals surface area contributed by atoms with Gasteiger partial charge in [0.15, 0.2) is 0 Å². The Morgan fingerprint density at radius 3 is 2.88 bits per heavy atom. The summed E-state index contributed by atoms with van der Waals surface area (Å²) in [4.78, 5) is 19.3. The number of aromatic nitrogens is 2. The van der Waals surface area contributed by atoms with Gasteiger partial charge in [0.25, 0.3) is 0 Å². The molecule has 2 aromatic heterocycles. The summed E-state index contributed by atoms with van der Waals surface area (Å²) in [5, 5.41) is 5.90. The van der Waals surface area contributed by atoms with Crippen molar-refractivity contribution in [2.75, 3.05) is 12.3 Å². The number of benzene rings is 1. The molecule has 0 saturated carbocycles. The fraction of sp³-hybridized carbons (Fsp3) is 0.278. The van der Waals surface area contributed by atoms with Gasteiger partial charge in [0.1, 0.15) is 5.82 Å². The van der Waals surface area contributed by atoms with Crippen LogP contribution in [0.15, 0.2) is 46.3 Å². The van der Waals surface area contributed by atoms with E-state index in [0.29, 0.717) is 29.6 Å². The molecule has 5 nitrogen and oxygen atoms in total. The lowest BCUT2D eigenvalue weighted by Crippen LogP contribution is -2.31. The van der Waals surface area contributed by atoms with Gasteiger partial charge in [-0.3, -0.25) is 4.79 Å². The van der Waals surface area contributed by atoms with E-state index in [2.05, 4.69) is 10.1 Å². The normalized spacial score (nSPS) is 10.8. The summed E-state index contributed by atoms with van der Waals surface area (Å²) in [5.74, 6) is 1.39. The van der Waals surface area contributed by atoms with Crippen LogP contribution >= 0.6 is 23.1 Å². The molecule has 3 aromatic rings. The summed E-state index contributed by atoms with van der Waals surface area (Å²) in [6.07, 6.45) is 0. The van der Waals surface area contributed by atoms with Gasteiger partial charge in [0.2, 0.25) is 17.6 Å². The van der Waals surface area contributed by atoms with Crippen molar-refractivity contribution in [3.8, 4) is 10.7 Å². The molecule has 136 valence electrons. The number of carbonyl (C=O) groups excluding carboxylic acids is 1. The SMILES string of the molecule is CCN(Cc1nc(-c2cccs2)no1)C(=O)CSCc1ccccc1F. The van der Waals surface area contributed by atoms with E-state index < -0.39 is 0 Å². The van der Waals surface area contributed by atoms with E-state index in [1.807, 2.05) is 24.4 Å². The number of nitrogens with zero attached hydrogens (tertiary/aromatic N) is 3. The number of thiophene rings is 1. The molecule has 0 spiro atoms. The lowest BCUT2D eigenvalue weighted by atomic mass is 10.2. The van der Waals surface area contributed by atoms with Crippen LogP contribution in [0, 0.1) is 5.82 Å². The molecule has 3 rings (SSSR count). The Balaban J connectivity index is 1.53. The number of halogens is 1. The molecular weight excluding hydrogens is 373 g/mol. The number of thioether (sulfide) groups is 1. The van der Waals surface area contributed by atoms with Gasteiger partial charge in [-0.05, 0) is 30.0 Å². The van der Waals surface area contributed by atoms with Gasteiger partial charge in [-0.15, -0.1) is 23.1 Å². The first-order valence-corrected chi connectivity index (χ1v) is 10.2. The van der Waals surface area contributed by atoms with Gasteiger partial charge in [0.05, 0.1) is 17.2 Å². The third-order valence-corrected chi connectivity index (χ3v) is 5.54. The molecule has 1 amide bonds. The Bertz CT molecular complexity index is 852. The quantitative estimate of drug-likeness (QED) is 0.575. The first-order valence-electron chi connectivity index (χ1n) is 8.12. The second-order valence-corrected chi connectivity index (χ2v) is 7.41. The maximum Gasteiger partial charge on any atom is 0.246 e. The average molecular weight is 391 g/mol. The van der Waals surface area contributed by atoms with Crippen LogP contribution in [0.4, 0.5) is 4.39 Å². The fourth-order valence-corrected chi connectivity index (χ4v) is 3.88. The molecule has 2 heterocycles. The maximum atomic E-state index is 13.6. The van der Waals surface area contributed by atoms with Crippen molar-refractivity contribution in [3.05, 3.63) is 59.0 Å². The van der Waals surface area contributed by atoms with Crippen LogP contribution in [-0.2, 0) is 17.1 Å². The van der Waals surface area contributed by atoms with E-state index in [-0.39, 0.29) is 24.0 Å². The maximum absolute atomic E-state index is 13.6. The molecule has 26 heavy (non-hydrogen) atoms. The topological polar surface area (TPSA) is 59.2 Å². The molecule has 0 saturated heterocycles. The summed E-state index contributed by atoms with van der Waals surface area (Å²) in [5.41, 5.74) is 0.603. The summed E-state index contributed by atoms with van der Waals surface area (Å²) >= 11 is 2.92. The van der Waals surface area contributed by atoms with Gasteiger partial charge >= 0.3 is 0 Å². The zero-order valence-corrected chi connectivity index (χ0v) is 15.9. The van der Waals surface area contributed by atoms with Crippen LogP contribution < -0.4 is 0 Å². The molecule has 1 aromatic carbocycles. The number of amides is 1. The number of hydrogen-bond donors (Lipinski definition) is 0. The molecule has 0 atom stereocenters. The Hall–Kier alpha value is -2.19. The number of hydrogen-bond acceptors (Lipinski definition) is 6. The largest absolute Gasteiger partial charge is 0.337 e. The second kappa shape index (κ2) is 8.95. The predicted octanol–water partition coefficient (Wildman–Crippen LogP) is 4.22. The predicted molar refractivity (Wildman–Crippen MR) is 101 cm³/mol. The highest BCUT2D eigenvalue weighted by Crippen LogP contribution is 2.22. The molecular formula is C18H18FN3O2S2. The minimum absolute atomic E-state index is 0.0373. The monoisotopic (exact) mass is 391 g/mol. The van der Waals surface area contributed by atoms with Crippen molar-refractivity contribution in [3.63, 3.8) is 0 Å². The third kappa shape index (κ3) is 4.70. The van der Waals surface area contributed by atoms with E-state index in [9.17, 15) is 9.18 Å². The third-order valence-electron chi connectivity index (χ3n) is 3.71. The Labute approximate surface area is 159 Å². The van der Waals surface area contributed by atoms with Crippen molar-refractivity contribution >= 4 is 29.0 Å². The van der Waals surface area contributed by atoms with Crippen molar-refractivity contribution in [2.24, 2.45) is 0 Å². The van der Waals surface area contributed by atoms with Crippen LogP contribution in [0.25, 0.3) is 10.7 Å². The highest BCUT2D eigenvalue weighted by atomic mass is 32.2. The highest BCUT2D eigenvalue weighted by Gasteiger charge is 2.17. The van der Waals surface area contributed by atoms with E-state index in [1.54, 1.807) is 23.1 Å². The molecule has 0 N–H and O–H groups in total. The minimum atomic E-state index is -0.244. The van der Waals surface area contributed by atoms with E-state index >= 15 is 0 Å². The summed E-state index contributed by atoms with van der Waals surface area (Å²) in [6, 6.07) is 10.4. The Morgan fingerprint density at radius 2 is 2.15 bits per heavy atom. The lowest BCUT2D eigenvalue weighted by Gasteiger charge is -2.18. The first kappa shape index (κ1) is 18.6. The van der Waals surface area contributed by atoms with Crippen molar-refractivity contribution in [1.29, 1.82) is 0 Å². The molecule has 0 bridgehead atoms. The van der Waals surface area contributed by atoms with Crippen LogP contribution in [0.5, 0.6) is 0 Å². The Morgan fingerprint density at radius 1 is 1.31 bits per heavy atom. The average Bonchev–Trinajstić information content (AvgIpc) is 3.32. The minimum Gasteiger partial charge on any atom is -0.337 e.